The first-order valence-electron chi connectivity index (χ1n) is 8.73. The second-order valence-electron chi connectivity index (χ2n) is 6.06. The van der Waals surface area contributed by atoms with Gasteiger partial charge in [0.2, 0.25) is 11.8 Å². The van der Waals surface area contributed by atoms with Crippen LogP contribution in [-0.2, 0) is 11.3 Å². The number of rotatable bonds is 7. The van der Waals surface area contributed by atoms with E-state index in [9.17, 15) is 9.59 Å². The SMILES string of the molecule is CCC1CCCCN1C(=O)CSc1nnc(CNC(=O)c2cccs2)o1. The van der Waals surface area contributed by atoms with E-state index < -0.39 is 0 Å². The number of hydrogen-bond donors (Lipinski definition) is 1. The molecule has 0 spiro atoms. The van der Waals surface area contributed by atoms with Crippen molar-refractivity contribution < 1.29 is 14.0 Å². The summed E-state index contributed by atoms with van der Waals surface area (Å²) in [6.45, 7) is 3.13. The Labute approximate surface area is 160 Å². The van der Waals surface area contributed by atoms with Gasteiger partial charge < -0.3 is 14.6 Å². The molecule has 0 saturated carbocycles. The number of amides is 2. The van der Waals surface area contributed by atoms with Crippen LogP contribution in [0, 0.1) is 0 Å². The van der Waals surface area contributed by atoms with Crippen molar-refractivity contribution in [1.29, 1.82) is 0 Å². The van der Waals surface area contributed by atoms with Crippen LogP contribution in [0.3, 0.4) is 0 Å². The molecule has 2 amide bonds. The number of carbonyl (C=O) groups is 2. The molecule has 1 N–H and O–H groups in total. The summed E-state index contributed by atoms with van der Waals surface area (Å²) in [6.07, 6.45) is 4.34. The van der Waals surface area contributed by atoms with Crippen molar-refractivity contribution in [3.8, 4) is 0 Å². The van der Waals surface area contributed by atoms with Gasteiger partial charge in [-0.25, -0.2) is 0 Å². The average molecular weight is 395 g/mol. The van der Waals surface area contributed by atoms with E-state index in [1.54, 1.807) is 6.07 Å². The molecule has 9 heteroatoms. The molecule has 140 valence electrons. The Kier molecular flexibility index (Phi) is 6.67. The largest absolute Gasteiger partial charge is 0.414 e. The summed E-state index contributed by atoms with van der Waals surface area (Å²) in [7, 11) is 0. The minimum Gasteiger partial charge on any atom is -0.414 e. The fourth-order valence-electron chi connectivity index (χ4n) is 2.98. The minimum absolute atomic E-state index is 0.118. The highest BCUT2D eigenvalue weighted by molar-refractivity contribution is 7.99. The standard InChI is InChI=1S/C17H22N4O3S2/c1-2-12-6-3-4-8-21(12)15(22)11-26-17-20-19-14(24-17)10-18-16(23)13-7-5-9-25-13/h5,7,9,12H,2-4,6,8,10-11H2,1H3,(H,18,23). The van der Waals surface area contributed by atoms with Crippen LogP contribution >= 0.6 is 23.1 Å². The first-order valence-corrected chi connectivity index (χ1v) is 10.6. The van der Waals surface area contributed by atoms with Gasteiger partial charge in [0, 0.05) is 12.6 Å². The highest BCUT2D eigenvalue weighted by atomic mass is 32.2. The summed E-state index contributed by atoms with van der Waals surface area (Å²) in [4.78, 5) is 27.0. The van der Waals surface area contributed by atoms with E-state index >= 15 is 0 Å². The molecular formula is C17H22N4O3S2. The van der Waals surface area contributed by atoms with Crippen molar-refractivity contribution >= 4 is 34.9 Å². The third-order valence-electron chi connectivity index (χ3n) is 4.33. The predicted molar refractivity (Wildman–Crippen MR) is 100 cm³/mol. The quantitative estimate of drug-likeness (QED) is 0.727. The molecule has 0 bridgehead atoms. The molecule has 0 aliphatic carbocycles. The van der Waals surface area contributed by atoms with Crippen LogP contribution in [0.5, 0.6) is 0 Å². The molecule has 26 heavy (non-hydrogen) atoms. The molecule has 1 fully saturated rings. The number of carbonyl (C=O) groups excluding carboxylic acids is 2. The second kappa shape index (κ2) is 9.18. The number of thiophene rings is 1. The third-order valence-corrected chi connectivity index (χ3v) is 6.00. The number of aromatic nitrogens is 2. The Hall–Kier alpha value is -1.87. The zero-order valence-electron chi connectivity index (χ0n) is 14.6. The average Bonchev–Trinajstić information content (AvgIpc) is 3.36. The number of nitrogens with zero attached hydrogens (tertiary/aromatic N) is 3. The van der Waals surface area contributed by atoms with Crippen LogP contribution in [0.15, 0.2) is 27.2 Å². The summed E-state index contributed by atoms with van der Waals surface area (Å²) in [5.41, 5.74) is 0. The van der Waals surface area contributed by atoms with Gasteiger partial charge in [-0.15, -0.1) is 21.5 Å². The Morgan fingerprint density at radius 2 is 2.31 bits per heavy atom. The Morgan fingerprint density at radius 1 is 1.42 bits per heavy atom. The number of thioether (sulfide) groups is 1. The van der Waals surface area contributed by atoms with E-state index in [1.165, 1.54) is 29.5 Å². The molecule has 1 aliphatic heterocycles. The molecule has 0 aromatic carbocycles. The maximum absolute atomic E-state index is 12.5. The van der Waals surface area contributed by atoms with Gasteiger partial charge in [-0.2, -0.15) is 0 Å². The van der Waals surface area contributed by atoms with E-state index in [2.05, 4.69) is 22.4 Å². The van der Waals surface area contributed by atoms with Gasteiger partial charge in [-0.3, -0.25) is 9.59 Å². The van der Waals surface area contributed by atoms with Gasteiger partial charge in [-0.1, -0.05) is 24.8 Å². The molecule has 2 aromatic heterocycles. The van der Waals surface area contributed by atoms with E-state index in [4.69, 9.17) is 4.42 Å². The molecule has 2 aromatic rings. The van der Waals surface area contributed by atoms with Gasteiger partial charge in [-0.05, 0) is 37.1 Å². The number of nitrogens with one attached hydrogen (secondary N) is 1. The summed E-state index contributed by atoms with van der Waals surface area (Å²) in [5, 5.41) is 12.8. The molecular weight excluding hydrogens is 372 g/mol. The van der Waals surface area contributed by atoms with Gasteiger partial charge in [0.1, 0.15) is 0 Å². The summed E-state index contributed by atoms with van der Waals surface area (Å²) < 4.78 is 5.50. The third kappa shape index (κ3) is 4.85. The fraction of sp³-hybridized carbons (Fsp3) is 0.529. The normalized spacial score (nSPS) is 17.3. The monoisotopic (exact) mass is 394 g/mol. The zero-order valence-corrected chi connectivity index (χ0v) is 16.3. The number of hydrogen-bond acceptors (Lipinski definition) is 7. The van der Waals surface area contributed by atoms with Crippen molar-refractivity contribution in [1.82, 2.24) is 20.4 Å². The van der Waals surface area contributed by atoms with Crippen molar-refractivity contribution in [2.24, 2.45) is 0 Å². The van der Waals surface area contributed by atoms with Crippen molar-refractivity contribution in [2.45, 2.75) is 50.4 Å². The molecule has 3 rings (SSSR count). The van der Waals surface area contributed by atoms with E-state index in [0.29, 0.717) is 27.8 Å². The topological polar surface area (TPSA) is 88.3 Å². The van der Waals surface area contributed by atoms with Crippen LogP contribution in [0.1, 0.15) is 48.2 Å². The molecule has 7 nitrogen and oxygen atoms in total. The van der Waals surface area contributed by atoms with Crippen molar-refractivity contribution in [3.05, 3.63) is 28.3 Å². The molecule has 1 atom stereocenters. The lowest BCUT2D eigenvalue weighted by molar-refractivity contribution is -0.132. The van der Waals surface area contributed by atoms with E-state index in [1.807, 2.05) is 16.3 Å². The highest BCUT2D eigenvalue weighted by Crippen LogP contribution is 2.22. The van der Waals surface area contributed by atoms with Crippen LogP contribution in [0.2, 0.25) is 0 Å². The van der Waals surface area contributed by atoms with Crippen LogP contribution in [0.4, 0.5) is 0 Å². The molecule has 0 radical (unpaired) electrons. The highest BCUT2D eigenvalue weighted by Gasteiger charge is 2.25. The molecule has 1 unspecified atom stereocenters. The lowest BCUT2D eigenvalue weighted by Gasteiger charge is -2.35. The first kappa shape index (κ1) is 18.9. The minimum atomic E-state index is -0.168. The smallest absolute Gasteiger partial charge is 0.277 e. The fourth-order valence-corrected chi connectivity index (χ4v) is 4.29. The number of piperidine rings is 1. The van der Waals surface area contributed by atoms with Gasteiger partial charge in [0.25, 0.3) is 11.1 Å². The summed E-state index contributed by atoms with van der Waals surface area (Å²) in [6, 6.07) is 3.93. The Bertz CT molecular complexity index is 732. The summed E-state index contributed by atoms with van der Waals surface area (Å²) >= 11 is 2.62. The van der Waals surface area contributed by atoms with E-state index in [0.717, 1.165) is 25.8 Å². The number of likely N-dealkylation sites (tertiary alicyclic amines) is 1. The van der Waals surface area contributed by atoms with Crippen molar-refractivity contribution in [3.63, 3.8) is 0 Å². The maximum atomic E-state index is 12.5. The second-order valence-corrected chi connectivity index (χ2v) is 7.93. The maximum Gasteiger partial charge on any atom is 0.277 e. The lowest BCUT2D eigenvalue weighted by atomic mass is 10.0. The van der Waals surface area contributed by atoms with E-state index in [-0.39, 0.29) is 18.4 Å². The van der Waals surface area contributed by atoms with Gasteiger partial charge >= 0.3 is 0 Å². The van der Waals surface area contributed by atoms with Crippen LogP contribution < -0.4 is 5.32 Å². The Balaban J connectivity index is 1.46. The predicted octanol–water partition coefficient (Wildman–Crippen LogP) is 2.94. The van der Waals surface area contributed by atoms with Gasteiger partial charge in [0.15, 0.2) is 0 Å². The van der Waals surface area contributed by atoms with Crippen molar-refractivity contribution in [2.75, 3.05) is 12.3 Å². The summed E-state index contributed by atoms with van der Waals surface area (Å²) in [5.74, 6) is 0.569. The van der Waals surface area contributed by atoms with Gasteiger partial charge in [0.05, 0.1) is 17.2 Å². The Morgan fingerprint density at radius 3 is 3.08 bits per heavy atom. The molecule has 1 aliphatic rings. The molecule has 1 saturated heterocycles. The van der Waals surface area contributed by atoms with Crippen LogP contribution in [-0.4, -0.2) is 45.3 Å². The van der Waals surface area contributed by atoms with Crippen LogP contribution in [0.25, 0.3) is 0 Å². The lowest BCUT2D eigenvalue weighted by Crippen LogP contribution is -2.44. The first-order chi connectivity index (χ1) is 12.7. The zero-order chi connectivity index (χ0) is 18.4. The molecule has 3 heterocycles.